The second-order valence-electron chi connectivity index (χ2n) is 7.11. The summed E-state index contributed by atoms with van der Waals surface area (Å²) in [5.41, 5.74) is -0.415. The second kappa shape index (κ2) is 6.15. The SMILES string of the molecule is CC(C)(O)C(C)(C)OB(O)c1occc1C1CCCCC1. The van der Waals surface area contributed by atoms with Crippen LogP contribution in [0.4, 0.5) is 0 Å². The van der Waals surface area contributed by atoms with Gasteiger partial charge in [-0.3, -0.25) is 0 Å². The number of rotatable bonds is 5. The van der Waals surface area contributed by atoms with Gasteiger partial charge in [-0.1, -0.05) is 19.3 Å². The topological polar surface area (TPSA) is 62.8 Å². The maximum Gasteiger partial charge on any atom is 0.529 e. The normalized spacial score (nSPS) is 18.0. The van der Waals surface area contributed by atoms with E-state index in [1.54, 1.807) is 34.0 Å². The lowest BCUT2D eigenvalue weighted by molar-refractivity contribution is -0.0986. The molecular formula is C16H27BO4. The average molecular weight is 294 g/mol. The van der Waals surface area contributed by atoms with E-state index in [-0.39, 0.29) is 0 Å². The van der Waals surface area contributed by atoms with Gasteiger partial charge < -0.3 is 19.2 Å². The standard InChI is InChI=1S/C16H27BO4/c1-15(2,18)16(3,4)21-17(19)14-13(10-11-20-14)12-8-6-5-7-9-12/h10-12,18-19H,5-9H2,1-4H3. The maximum atomic E-state index is 10.4. The third kappa shape index (κ3) is 3.71. The fraction of sp³-hybridized carbons (Fsp3) is 0.750. The van der Waals surface area contributed by atoms with E-state index >= 15 is 0 Å². The summed E-state index contributed by atoms with van der Waals surface area (Å²) in [5, 5.41) is 20.5. The third-order valence-electron chi connectivity index (χ3n) is 4.88. The lowest BCUT2D eigenvalue weighted by Crippen LogP contribution is -2.53. The van der Waals surface area contributed by atoms with Gasteiger partial charge in [-0.25, -0.2) is 0 Å². The third-order valence-corrected chi connectivity index (χ3v) is 4.88. The molecule has 0 atom stereocenters. The van der Waals surface area contributed by atoms with Gasteiger partial charge in [0, 0.05) is 0 Å². The minimum absolute atomic E-state index is 0.441. The van der Waals surface area contributed by atoms with Crippen molar-refractivity contribution in [3.63, 3.8) is 0 Å². The van der Waals surface area contributed by atoms with Crippen LogP contribution in [0.1, 0.15) is 71.3 Å². The fourth-order valence-corrected chi connectivity index (χ4v) is 2.76. The molecule has 1 aliphatic carbocycles. The quantitative estimate of drug-likeness (QED) is 0.819. The lowest BCUT2D eigenvalue weighted by Gasteiger charge is -2.38. The first-order chi connectivity index (χ1) is 9.72. The molecule has 1 fully saturated rings. The van der Waals surface area contributed by atoms with Crippen LogP contribution >= 0.6 is 0 Å². The Hall–Kier alpha value is -0.775. The molecule has 0 bridgehead atoms. The van der Waals surface area contributed by atoms with Crippen LogP contribution in [-0.2, 0) is 4.65 Å². The van der Waals surface area contributed by atoms with Crippen molar-refractivity contribution in [2.24, 2.45) is 0 Å². The maximum absolute atomic E-state index is 10.4. The molecule has 1 saturated carbocycles. The number of hydrogen-bond acceptors (Lipinski definition) is 4. The van der Waals surface area contributed by atoms with E-state index in [9.17, 15) is 10.1 Å². The van der Waals surface area contributed by atoms with Gasteiger partial charge >= 0.3 is 7.12 Å². The molecule has 0 spiro atoms. The highest BCUT2D eigenvalue weighted by Crippen LogP contribution is 2.32. The van der Waals surface area contributed by atoms with Crippen molar-refractivity contribution < 1.29 is 19.2 Å². The highest BCUT2D eigenvalue weighted by atomic mass is 16.6. The fourth-order valence-electron chi connectivity index (χ4n) is 2.76. The van der Waals surface area contributed by atoms with Crippen molar-refractivity contribution in [3.05, 3.63) is 17.9 Å². The Morgan fingerprint density at radius 2 is 1.81 bits per heavy atom. The van der Waals surface area contributed by atoms with Crippen molar-refractivity contribution in [3.8, 4) is 0 Å². The molecule has 0 aliphatic heterocycles. The van der Waals surface area contributed by atoms with Gasteiger partial charge in [0.1, 0.15) is 5.66 Å². The van der Waals surface area contributed by atoms with Gasteiger partial charge in [0.25, 0.3) is 0 Å². The smallest absolute Gasteiger partial charge is 0.473 e. The molecule has 0 radical (unpaired) electrons. The van der Waals surface area contributed by atoms with Crippen LogP contribution in [0.2, 0.25) is 0 Å². The van der Waals surface area contributed by atoms with Crippen LogP contribution < -0.4 is 5.66 Å². The van der Waals surface area contributed by atoms with Crippen molar-refractivity contribution in [2.45, 2.75) is 76.9 Å². The molecule has 0 amide bonds. The molecule has 1 heterocycles. The number of hydrogen-bond donors (Lipinski definition) is 2. The molecule has 4 nitrogen and oxygen atoms in total. The summed E-state index contributed by atoms with van der Waals surface area (Å²) < 4.78 is 11.2. The highest BCUT2D eigenvalue weighted by Gasteiger charge is 2.41. The molecule has 118 valence electrons. The van der Waals surface area contributed by atoms with Crippen LogP contribution in [0.3, 0.4) is 0 Å². The van der Waals surface area contributed by atoms with Crippen molar-refractivity contribution >= 4 is 12.8 Å². The Bertz CT molecular complexity index is 455. The molecule has 1 aromatic rings. The van der Waals surface area contributed by atoms with Crippen molar-refractivity contribution in [1.29, 1.82) is 0 Å². The minimum Gasteiger partial charge on any atom is -0.473 e. The predicted octanol–water partition coefficient (Wildman–Crippen LogP) is 2.58. The predicted molar refractivity (Wildman–Crippen MR) is 83.6 cm³/mol. The van der Waals surface area contributed by atoms with E-state index in [0.29, 0.717) is 11.6 Å². The zero-order valence-electron chi connectivity index (χ0n) is 13.6. The summed E-state index contributed by atoms with van der Waals surface area (Å²) >= 11 is 0. The molecular weight excluding hydrogens is 267 g/mol. The second-order valence-corrected chi connectivity index (χ2v) is 7.11. The first-order valence-corrected chi connectivity index (χ1v) is 7.88. The minimum atomic E-state index is -1.15. The van der Waals surface area contributed by atoms with E-state index in [2.05, 4.69) is 0 Å². The zero-order chi connectivity index (χ0) is 15.7. The monoisotopic (exact) mass is 294 g/mol. The molecule has 2 N–H and O–H groups in total. The summed E-state index contributed by atoms with van der Waals surface area (Å²) in [6, 6.07) is 1.94. The van der Waals surface area contributed by atoms with Gasteiger partial charge in [-0.2, -0.15) is 0 Å². The zero-order valence-corrected chi connectivity index (χ0v) is 13.6. The molecule has 0 unspecified atom stereocenters. The Morgan fingerprint density at radius 3 is 2.38 bits per heavy atom. The summed E-state index contributed by atoms with van der Waals surface area (Å²) in [4.78, 5) is 0. The van der Waals surface area contributed by atoms with Gasteiger partial charge in [0.2, 0.25) is 0 Å². The molecule has 1 aromatic heterocycles. The summed E-state index contributed by atoms with van der Waals surface area (Å²) in [6.45, 7) is 6.87. The van der Waals surface area contributed by atoms with Gasteiger partial charge in [-0.05, 0) is 58.1 Å². The summed E-state index contributed by atoms with van der Waals surface area (Å²) in [7, 11) is -1.15. The molecule has 0 saturated heterocycles. The Labute approximate surface area is 127 Å². The Morgan fingerprint density at radius 1 is 1.19 bits per heavy atom. The molecule has 2 rings (SSSR count). The van der Waals surface area contributed by atoms with Crippen molar-refractivity contribution in [2.75, 3.05) is 0 Å². The summed E-state index contributed by atoms with van der Waals surface area (Å²) in [5.74, 6) is 0.441. The van der Waals surface area contributed by atoms with Gasteiger partial charge in [-0.15, -0.1) is 0 Å². The molecule has 0 aromatic carbocycles. The van der Waals surface area contributed by atoms with E-state index in [0.717, 1.165) is 18.4 Å². The molecule has 21 heavy (non-hydrogen) atoms. The van der Waals surface area contributed by atoms with Gasteiger partial charge in [0.05, 0.1) is 17.5 Å². The highest BCUT2D eigenvalue weighted by molar-refractivity contribution is 6.59. The van der Waals surface area contributed by atoms with Crippen LogP contribution in [-0.4, -0.2) is 28.5 Å². The Kier molecular flexibility index (Phi) is 4.86. The lowest BCUT2D eigenvalue weighted by atomic mass is 9.74. The van der Waals surface area contributed by atoms with Crippen LogP contribution in [0.5, 0.6) is 0 Å². The summed E-state index contributed by atoms with van der Waals surface area (Å²) in [6.07, 6.45) is 7.61. The van der Waals surface area contributed by atoms with Crippen LogP contribution in [0.15, 0.2) is 16.7 Å². The van der Waals surface area contributed by atoms with E-state index in [1.165, 1.54) is 19.3 Å². The Balaban J connectivity index is 2.13. The molecule has 1 aliphatic rings. The molecule has 5 heteroatoms. The van der Waals surface area contributed by atoms with Crippen molar-refractivity contribution in [1.82, 2.24) is 0 Å². The van der Waals surface area contributed by atoms with E-state index < -0.39 is 18.3 Å². The van der Waals surface area contributed by atoms with E-state index in [4.69, 9.17) is 9.07 Å². The largest absolute Gasteiger partial charge is 0.529 e. The van der Waals surface area contributed by atoms with E-state index in [1.807, 2.05) is 6.07 Å². The van der Waals surface area contributed by atoms with Crippen LogP contribution in [0.25, 0.3) is 0 Å². The van der Waals surface area contributed by atoms with Gasteiger partial charge in [0.15, 0.2) is 0 Å². The number of furan rings is 1. The van der Waals surface area contributed by atoms with Crippen LogP contribution in [0, 0.1) is 0 Å². The average Bonchev–Trinajstić information content (AvgIpc) is 2.87. The first kappa shape index (κ1) is 16.6. The number of aliphatic hydroxyl groups is 1. The first-order valence-electron chi connectivity index (χ1n) is 7.88.